The molecule has 0 bridgehead atoms. The van der Waals surface area contributed by atoms with E-state index in [0.717, 1.165) is 33.3 Å². The van der Waals surface area contributed by atoms with Crippen molar-refractivity contribution in [3.63, 3.8) is 0 Å². The zero-order chi connectivity index (χ0) is 11.7. The monoisotopic (exact) mass is 240 g/mol. The number of fused-ring (bicyclic) bond motifs is 1. The lowest BCUT2D eigenvalue weighted by Crippen LogP contribution is -1.84. The molecule has 0 saturated heterocycles. The number of pyridine rings is 1. The van der Waals surface area contributed by atoms with E-state index in [2.05, 4.69) is 9.98 Å². The molecule has 0 fully saturated rings. The van der Waals surface area contributed by atoms with Crippen molar-refractivity contribution in [1.82, 2.24) is 4.98 Å². The maximum atomic E-state index is 11.0. The molecule has 0 saturated carbocycles. The van der Waals surface area contributed by atoms with Gasteiger partial charge in [0.15, 0.2) is 0 Å². The Morgan fingerprint density at radius 1 is 1.12 bits per heavy atom. The summed E-state index contributed by atoms with van der Waals surface area (Å²) >= 11 is 1.13. The Kier molecular flexibility index (Phi) is 2.49. The van der Waals surface area contributed by atoms with Gasteiger partial charge in [-0.15, -0.1) is 0 Å². The number of aromatic nitrogens is 1. The Morgan fingerprint density at radius 2 is 2.00 bits per heavy atom. The Labute approximate surface area is 102 Å². The van der Waals surface area contributed by atoms with Crippen LogP contribution in [-0.4, -0.2) is 16.4 Å². The predicted octanol–water partition coefficient (Wildman–Crippen LogP) is 3.51. The summed E-state index contributed by atoms with van der Waals surface area (Å²) in [5.41, 5.74) is 1.79. The number of para-hydroxylation sites is 1. The second-order valence-electron chi connectivity index (χ2n) is 3.60. The van der Waals surface area contributed by atoms with Gasteiger partial charge < -0.3 is 0 Å². The second kappa shape index (κ2) is 4.14. The fourth-order valence-corrected chi connectivity index (χ4v) is 2.24. The lowest BCUT2D eigenvalue weighted by molar-refractivity contribution is 0.268. The Balaban J connectivity index is 2.01. The minimum atomic E-state index is -0.169. The van der Waals surface area contributed by atoms with E-state index in [1.165, 1.54) is 0 Å². The van der Waals surface area contributed by atoms with Crippen LogP contribution in [0.2, 0.25) is 0 Å². The van der Waals surface area contributed by atoms with Gasteiger partial charge in [-0.05, 0) is 30.0 Å². The van der Waals surface area contributed by atoms with Gasteiger partial charge in [0.05, 0.1) is 11.2 Å². The van der Waals surface area contributed by atoms with Crippen molar-refractivity contribution in [3.8, 4) is 0 Å². The minimum Gasteiger partial charge on any atom is -0.259 e. The number of amides is 1. The molecule has 0 radical (unpaired) electrons. The highest BCUT2D eigenvalue weighted by atomic mass is 32.2. The van der Waals surface area contributed by atoms with Crippen molar-refractivity contribution in [1.29, 1.82) is 0 Å². The highest BCUT2D eigenvalue weighted by Gasteiger charge is 2.10. The summed E-state index contributed by atoms with van der Waals surface area (Å²) in [4.78, 5) is 20.0. The predicted molar refractivity (Wildman–Crippen MR) is 71.2 cm³/mol. The number of aliphatic imine (C=N–C) groups is 1. The van der Waals surface area contributed by atoms with Crippen molar-refractivity contribution < 1.29 is 4.79 Å². The van der Waals surface area contributed by atoms with Crippen LogP contribution in [0.1, 0.15) is 5.69 Å². The van der Waals surface area contributed by atoms with E-state index >= 15 is 0 Å². The summed E-state index contributed by atoms with van der Waals surface area (Å²) < 4.78 is 0. The van der Waals surface area contributed by atoms with Crippen LogP contribution in [0.15, 0.2) is 46.3 Å². The second-order valence-corrected chi connectivity index (χ2v) is 4.63. The number of hydrogen-bond donors (Lipinski definition) is 0. The molecule has 0 atom stereocenters. The van der Waals surface area contributed by atoms with Gasteiger partial charge in [-0.2, -0.15) is 0 Å². The number of thioether (sulfide) groups is 1. The number of carbonyl (C=O) groups is 1. The first-order valence-electron chi connectivity index (χ1n) is 5.15. The summed E-state index contributed by atoms with van der Waals surface area (Å²) in [6, 6.07) is 11.9. The van der Waals surface area contributed by atoms with Gasteiger partial charge in [0, 0.05) is 16.5 Å². The average molecular weight is 240 g/mol. The van der Waals surface area contributed by atoms with Gasteiger partial charge in [-0.3, -0.25) is 4.79 Å². The molecule has 1 amide bonds. The van der Waals surface area contributed by atoms with E-state index in [1.54, 1.807) is 6.21 Å². The first kappa shape index (κ1) is 10.2. The lowest BCUT2D eigenvalue weighted by Gasteiger charge is -1.98. The topological polar surface area (TPSA) is 42.3 Å². The summed E-state index contributed by atoms with van der Waals surface area (Å²) in [7, 11) is 0. The quantitative estimate of drug-likeness (QED) is 0.766. The molecule has 1 aliphatic heterocycles. The third-order valence-corrected chi connectivity index (χ3v) is 3.15. The van der Waals surface area contributed by atoms with Crippen molar-refractivity contribution in [2.45, 2.75) is 0 Å². The number of allylic oxidation sites excluding steroid dienone is 1. The number of benzene rings is 1. The molecule has 1 aromatic carbocycles. The summed E-state index contributed by atoms with van der Waals surface area (Å²) in [5, 5.41) is 0.940. The van der Waals surface area contributed by atoms with Crippen LogP contribution in [0.4, 0.5) is 4.79 Å². The number of hydrogen-bond acceptors (Lipinski definition) is 3. The zero-order valence-corrected chi connectivity index (χ0v) is 9.65. The highest BCUT2D eigenvalue weighted by molar-refractivity contribution is 8.18. The van der Waals surface area contributed by atoms with E-state index in [9.17, 15) is 4.79 Å². The van der Waals surface area contributed by atoms with Crippen LogP contribution in [0, 0.1) is 0 Å². The van der Waals surface area contributed by atoms with Crippen LogP contribution in [0.25, 0.3) is 17.0 Å². The maximum Gasteiger partial charge on any atom is 0.309 e. The molecular weight excluding hydrogens is 232 g/mol. The first-order chi connectivity index (χ1) is 8.31. The minimum absolute atomic E-state index is 0.169. The third-order valence-electron chi connectivity index (χ3n) is 2.41. The Morgan fingerprint density at radius 3 is 2.82 bits per heavy atom. The van der Waals surface area contributed by atoms with Crippen molar-refractivity contribution in [2.24, 2.45) is 4.99 Å². The molecule has 0 aliphatic carbocycles. The van der Waals surface area contributed by atoms with Gasteiger partial charge in [0.25, 0.3) is 0 Å². The molecule has 17 heavy (non-hydrogen) atoms. The largest absolute Gasteiger partial charge is 0.309 e. The fraction of sp³-hybridized carbons (Fsp3) is 0. The number of nitrogens with zero attached hydrogens (tertiary/aromatic N) is 2. The van der Waals surface area contributed by atoms with Gasteiger partial charge in [-0.25, -0.2) is 9.98 Å². The molecule has 0 N–H and O–H groups in total. The Hall–Kier alpha value is -1.94. The third kappa shape index (κ3) is 2.12. The maximum absolute atomic E-state index is 11.0. The molecule has 0 unspecified atom stereocenters. The summed E-state index contributed by atoms with van der Waals surface area (Å²) in [5.74, 6) is 0. The number of rotatable bonds is 1. The molecule has 2 aromatic rings. The van der Waals surface area contributed by atoms with E-state index in [4.69, 9.17) is 0 Å². The molecule has 4 heteroatoms. The van der Waals surface area contributed by atoms with Crippen LogP contribution < -0.4 is 0 Å². The fourth-order valence-electron chi connectivity index (χ4n) is 1.64. The SMILES string of the molecule is O=C1N=CC(=Cc2ccc3ccccc3n2)S1. The van der Waals surface area contributed by atoms with Gasteiger partial charge in [-0.1, -0.05) is 24.3 Å². The van der Waals surface area contributed by atoms with E-state index in [-0.39, 0.29) is 5.24 Å². The molecule has 1 aromatic heterocycles. The summed E-state index contributed by atoms with van der Waals surface area (Å²) in [6.45, 7) is 0. The lowest BCUT2D eigenvalue weighted by atomic mass is 10.2. The zero-order valence-electron chi connectivity index (χ0n) is 8.83. The van der Waals surface area contributed by atoms with Gasteiger partial charge in [0.1, 0.15) is 0 Å². The van der Waals surface area contributed by atoms with E-state index < -0.39 is 0 Å². The molecule has 0 spiro atoms. The van der Waals surface area contributed by atoms with E-state index in [1.807, 2.05) is 42.5 Å². The molecule has 1 aliphatic rings. The number of carbonyl (C=O) groups excluding carboxylic acids is 1. The van der Waals surface area contributed by atoms with Crippen LogP contribution >= 0.6 is 11.8 Å². The van der Waals surface area contributed by atoms with Gasteiger partial charge in [0.2, 0.25) is 0 Å². The van der Waals surface area contributed by atoms with Crippen LogP contribution in [0.5, 0.6) is 0 Å². The average Bonchev–Trinajstić information content (AvgIpc) is 2.75. The molecule has 2 heterocycles. The standard InChI is InChI=1S/C13H8N2OS/c16-13-14-8-11(17-13)7-10-6-5-9-3-1-2-4-12(9)15-10/h1-8H. The summed E-state index contributed by atoms with van der Waals surface area (Å²) in [6.07, 6.45) is 3.44. The smallest absolute Gasteiger partial charge is 0.259 e. The first-order valence-corrected chi connectivity index (χ1v) is 5.96. The van der Waals surface area contributed by atoms with Crippen LogP contribution in [0.3, 0.4) is 0 Å². The molecule has 82 valence electrons. The van der Waals surface area contributed by atoms with Gasteiger partial charge >= 0.3 is 5.24 Å². The van der Waals surface area contributed by atoms with Crippen molar-refractivity contribution >= 4 is 40.2 Å². The van der Waals surface area contributed by atoms with Crippen molar-refractivity contribution in [2.75, 3.05) is 0 Å². The van der Waals surface area contributed by atoms with E-state index in [0.29, 0.717) is 0 Å². The van der Waals surface area contributed by atoms with Crippen molar-refractivity contribution in [3.05, 3.63) is 47.0 Å². The normalized spacial score (nSPS) is 17.2. The molecule has 3 nitrogen and oxygen atoms in total. The van der Waals surface area contributed by atoms with Crippen LogP contribution in [-0.2, 0) is 0 Å². The Bertz CT molecular complexity index is 661. The molecular formula is C13H8N2OS. The highest BCUT2D eigenvalue weighted by Crippen LogP contribution is 2.24. The molecule has 3 rings (SSSR count).